The van der Waals surface area contributed by atoms with E-state index in [-0.39, 0.29) is 0 Å². The van der Waals surface area contributed by atoms with Gasteiger partial charge in [-0.3, -0.25) is 0 Å². The molecule has 0 aromatic heterocycles. The van der Waals surface area contributed by atoms with Crippen LogP contribution < -0.4 is 0 Å². The third-order valence-electron chi connectivity index (χ3n) is 1.84. The van der Waals surface area contributed by atoms with Crippen molar-refractivity contribution >= 4 is 23.1 Å². The van der Waals surface area contributed by atoms with Gasteiger partial charge in [0.2, 0.25) is 0 Å². The first-order valence-corrected chi connectivity index (χ1v) is 10.2. The van der Waals surface area contributed by atoms with Gasteiger partial charge in [0.15, 0.2) is 0 Å². The van der Waals surface area contributed by atoms with Crippen LogP contribution in [-0.2, 0) is 27.3 Å². The molecule has 1 aromatic carbocycles. The second kappa shape index (κ2) is 6.01. The molecule has 3 heteroatoms. The third-order valence-corrected chi connectivity index (χ3v) is 1.84. The van der Waals surface area contributed by atoms with Gasteiger partial charge in [0.1, 0.15) is 0 Å². The fourth-order valence-electron chi connectivity index (χ4n) is 1.37. The maximum atomic E-state index is 4.93. The van der Waals surface area contributed by atoms with Gasteiger partial charge in [0.05, 0.1) is 0 Å². The molecule has 0 heterocycles. The molecule has 1 aliphatic rings. The van der Waals surface area contributed by atoms with Crippen LogP contribution in [-0.4, -0.2) is 0 Å². The molecule has 0 nitrogen and oxygen atoms in total. The van der Waals surface area contributed by atoms with Gasteiger partial charge >= 0.3 is 37.9 Å². The molecule has 1 aliphatic carbocycles. The first kappa shape index (κ1) is 11.5. The Balaban J connectivity index is 0.000000251. The average molecular weight is 291 g/mol. The molecule has 0 N–H and O–H groups in total. The second-order valence-corrected chi connectivity index (χ2v) is 6.58. The molecule has 0 atom stereocenters. The summed E-state index contributed by atoms with van der Waals surface area (Å²) >= 11 is -0.826. The molecule has 2 rings (SSSR count). The zero-order valence-electron chi connectivity index (χ0n) is 7.27. The van der Waals surface area contributed by atoms with E-state index >= 15 is 0 Å². The van der Waals surface area contributed by atoms with Crippen LogP contribution in [0.4, 0.5) is 0 Å². The van der Waals surface area contributed by atoms with Gasteiger partial charge in [-0.1, -0.05) is 6.92 Å². The van der Waals surface area contributed by atoms with Crippen LogP contribution >= 0.6 is 17.0 Å². The van der Waals surface area contributed by atoms with Crippen molar-refractivity contribution in [3.63, 3.8) is 0 Å². The van der Waals surface area contributed by atoms with Crippen LogP contribution in [0.5, 0.6) is 0 Å². The van der Waals surface area contributed by atoms with Crippen molar-refractivity contribution in [2.45, 2.75) is 13.3 Å². The van der Waals surface area contributed by atoms with Crippen LogP contribution in [0.25, 0.3) is 6.08 Å². The fraction of sp³-hybridized carbons (Fsp3) is 0.200. The monoisotopic (exact) mass is 289 g/mol. The van der Waals surface area contributed by atoms with Crippen LogP contribution in [0.2, 0.25) is 0 Å². The van der Waals surface area contributed by atoms with Crippen molar-refractivity contribution in [1.82, 2.24) is 0 Å². The molecular formula is C10H9Cl2Zr-. The van der Waals surface area contributed by atoms with E-state index in [4.69, 9.17) is 17.0 Å². The summed E-state index contributed by atoms with van der Waals surface area (Å²) < 4.78 is 0. The first-order chi connectivity index (χ1) is 6.27. The number of allylic oxidation sites excluding steroid dienone is 1. The normalized spacial score (nSPS) is 12.4. The molecule has 68 valence electrons. The Kier molecular flexibility index (Phi) is 5.32. The van der Waals surface area contributed by atoms with Gasteiger partial charge in [-0.25, -0.2) is 0 Å². The molecule has 0 spiro atoms. The van der Waals surface area contributed by atoms with Gasteiger partial charge in [-0.2, -0.15) is 0 Å². The number of fused-ring (bicyclic) bond motifs is 1. The molecule has 0 amide bonds. The summed E-state index contributed by atoms with van der Waals surface area (Å²) in [6, 6.07) is 9.38. The Labute approximate surface area is 97.6 Å². The predicted octanol–water partition coefficient (Wildman–Crippen LogP) is 3.82. The predicted molar refractivity (Wildman–Crippen MR) is 54.3 cm³/mol. The van der Waals surface area contributed by atoms with E-state index in [1.165, 1.54) is 16.7 Å². The van der Waals surface area contributed by atoms with E-state index in [1.807, 2.05) is 12.1 Å². The summed E-state index contributed by atoms with van der Waals surface area (Å²) in [5.74, 6) is 0. The minimum absolute atomic E-state index is 0.826. The van der Waals surface area contributed by atoms with Gasteiger partial charge < -0.3 is 0 Å². The average Bonchev–Trinajstić information content (AvgIpc) is 2.45. The van der Waals surface area contributed by atoms with Crippen molar-refractivity contribution < 1.29 is 20.8 Å². The maximum absolute atomic E-state index is 4.93. The van der Waals surface area contributed by atoms with Gasteiger partial charge in [0, 0.05) is 0 Å². The van der Waals surface area contributed by atoms with E-state index in [2.05, 4.69) is 25.1 Å². The number of rotatable bonds is 0. The second-order valence-electron chi connectivity index (χ2n) is 2.85. The van der Waals surface area contributed by atoms with Crippen LogP contribution in [0.1, 0.15) is 18.1 Å². The van der Waals surface area contributed by atoms with Crippen molar-refractivity contribution in [1.29, 1.82) is 0 Å². The standard InChI is InChI=1S/C10H9.2ClH.Zr/c1-8-6-9-4-2-3-5-10(9)7-8;;;/h2-4,7H,6H2,1H3;2*1H;/q-1;;;+2/p-2. The summed E-state index contributed by atoms with van der Waals surface area (Å²) in [4.78, 5) is 0. The SMILES string of the molecule is CC1=Cc2[c-]cccc2C1.[Cl][Zr][Cl]. The van der Waals surface area contributed by atoms with Crippen LogP contribution in [0, 0.1) is 6.07 Å². The Morgan fingerprint density at radius 3 is 2.77 bits per heavy atom. The van der Waals surface area contributed by atoms with E-state index < -0.39 is 20.8 Å². The molecular weight excluding hydrogens is 282 g/mol. The fourth-order valence-corrected chi connectivity index (χ4v) is 1.37. The number of benzene rings is 1. The Morgan fingerprint density at radius 1 is 1.46 bits per heavy atom. The molecule has 0 saturated carbocycles. The van der Waals surface area contributed by atoms with Gasteiger partial charge in [-0.05, 0) is 6.42 Å². The Bertz CT molecular complexity index is 308. The Hall–Kier alpha value is 0.423. The quantitative estimate of drug-likeness (QED) is 0.637. The first-order valence-electron chi connectivity index (χ1n) is 3.91. The van der Waals surface area contributed by atoms with E-state index in [0.29, 0.717) is 0 Å². The summed E-state index contributed by atoms with van der Waals surface area (Å²) in [5.41, 5.74) is 4.14. The van der Waals surface area contributed by atoms with Crippen molar-refractivity contribution in [3.05, 3.63) is 41.0 Å². The summed E-state index contributed by atoms with van der Waals surface area (Å²) in [6.07, 6.45) is 3.32. The third kappa shape index (κ3) is 3.58. The van der Waals surface area contributed by atoms with Crippen molar-refractivity contribution in [2.75, 3.05) is 0 Å². The minimum atomic E-state index is -0.826. The van der Waals surface area contributed by atoms with Crippen molar-refractivity contribution in [2.24, 2.45) is 0 Å². The molecule has 13 heavy (non-hydrogen) atoms. The van der Waals surface area contributed by atoms with E-state index in [1.54, 1.807) is 0 Å². The Morgan fingerprint density at radius 2 is 2.15 bits per heavy atom. The van der Waals surface area contributed by atoms with Gasteiger partial charge in [0.25, 0.3) is 0 Å². The summed E-state index contributed by atoms with van der Waals surface area (Å²) in [6.45, 7) is 2.16. The van der Waals surface area contributed by atoms with Crippen LogP contribution in [0.15, 0.2) is 23.8 Å². The van der Waals surface area contributed by atoms with E-state index in [9.17, 15) is 0 Å². The molecule has 0 saturated heterocycles. The molecule has 0 aliphatic heterocycles. The number of halogens is 2. The topological polar surface area (TPSA) is 0 Å². The zero-order chi connectivity index (χ0) is 9.68. The van der Waals surface area contributed by atoms with Gasteiger partial charge in [-0.15, -0.1) is 47.0 Å². The number of hydrogen-bond donors (Lipinski definition) is 0. The van der Waals surface area contributed by atoms with E-state index in [0.717, 1.165) is 6.42 Å². The summed E-state index contributed by atoms with van der Waals surface area (Å²) in [5, 5.41) is 0. The number of hydrogen-bond acceptors (Lipinski definition) is 0. The molecule has 0 radical (unpaired) electrons. The molecule has 1 aromatic rings. The zero-order valence-corrected chi connectivity index (χ0v) is 11.2. The molecule has 0 bridgehead atoms. The molecule has 0 unspecified atom stereocenters. The summed E-state index contributed by atoms with van der Waals surface area (Å²) in [7, 11) is 9.87. The van der Waals surface area contributed by atoms with Crippen molar-refractivity contribution in [3.8, 4) is 0 Å². The molecule has 0 fully saturated rings. The van der Waals surface area contributed by atoms with Crippen LogP contribution in [0.3, 0.4) is 0 Å².